The number of hydrogen-bond donors (Lipinski definition) is 20. The number of phenols is 3. The summed E-state index contributed by atoms with van der Waals surface area (Å²) in [6, 6.07) is 5.91. The van der Waals surface area contributed by atoms with Gasteiger partial charge in [0.25, 0.3) is 5.91 Å². The maximum atomic E-state index is 16.3. The number of ether oxygens (including phenoxy) is 6. The van der Waals surface area contributed by atoms with Crippen molar-refractivity contribution in [3.63, 3.8) is 0 Å². The first-order valence-electron chi connectivity index (χ1n) is 39.2. The Labute approximate surface area is 732 Å². The zero-order valence-electron chi connectivity index (χ0n) is 67.7. The molecule has 21 N–H and O–H groups in total. The second-order valence-corrected chi connectivity index (χ2v) is 33.0. The first-order chi connectivity index (χ1) is 59.2. The lowest BCUT2D eigenvalue weighted by Gasteiger charge is -2.48. The van der Waals surface area contributed by atoms with Crippen molar-refractivity contribution in [1.29, 1.82) is 0 Å². The number of anilines is 1. The van der Waals surface area contributed by atoms with Crippen LogP contribution in [0.1, 0.15) is 111 Å². The fraction of sp³-hybridized carbons (Fsp3) is 0.402. The molecule has 9 amide bonds. The average molecular weight is 1820 g/mol. The van der Waals surface area contributed by atoms with Crippen LogP contribution in [0.25, 0.3) is 11.1 Å². The number of aliphatic hydroxyl groups excluding tert-OH is 6. The molecule has 11 bridgehead atoms. The molecule has 1 aromatic heterocycles. The molecule has 18 atom stereocenters. The molecule has 6 aromatic carbocycles. The van der Waals surface area contributed by atoms with E-state index < -0.39 is 254 Å². The lowest BCUT2D eigenvalue weighted by molar-refractivity contribution is -0.334. The Bertz CT molecular complexity index is 5390. The maximum absolute atomic E-state index is 16.3. The Kier molecular flexibility index (Phi) is 29.2. The standard InChI is InChI=1S/C82H92Cl4N14O25/c1-33(2)20-47(88-5)73(112)96-64-66(107)37-10-14-51(45(85)24-37)121-53-26-39-27-54(70(53)125-80-71(69(110)68(109)55(32-101)123-80)124-59-31-82(4,72(111)34(3)120-59)89-17-19-100-18-16-57(92-81(100)119)91-58(106)22-35-8-12-43(83)44(84)21-35)122-52-15-11-38(25-46(52)86)67(108)65-78(117)95-63(79(118)98-99(6)7)42-28-40(102)29-50(104)60(42)41-23-36(9-13-49(41)103)61(75(114)97-65)94-76(115)62(39)93-74(113)48(30-56(87)105)90-77(64)116/h8-16,18,21,23-29,33-34,47-48,55,59,61-69,71-72,80,88-89,101-104,107-111H,17,19-20,22,30-32H2,1-7H3,(H2,87,105)(H,90,116)(H,93,113)(H,94,115)(H,95,117)(H,96,112)(H,97,114)(H,98,118)(H,91,92,106,119). The third kappa shape index (κ3) is 21.2. The zero-order chi connectivity index (χ0) is 90.6. The molecule has 0 aliphatic carbocycles. The minimum Gasteiger partial charge on any atom is -0.508 e. The van der Waals surface area contributed by atoms with Crippen LogP contribution < -0.4 is 78.9 Å². The van der Waals surface area contributed by atoms with E-state index in [1.165, 1.54) is 80.2 Å². The minimum atomic E-state index is -2.38. The predicted molar refractivity (Wildman–Crippen MR) is 445 cm³/mol. The molecule has 0 radical (unpaired) electrons. The van der Waals surface area contributed by atoms with E-state index >= 15 is 24.0 Å². The number of likely N-dealkylation sites (N-methyl/N-ethyl adjacent to an activating group) is 1. The molecular formula is C82H92Cl4N14O25. The van der Waals surface area contributed by atoms with Gasteiger partial charge in [-0.05, 0) is 139 Å². The van der Waals surface area contributed by atoms with Gasteiger partial charge < -0.3 is 128 Å². The third-order valence-electron chi connectivity index (χ3n) is 21.5. The van der Waals surface area contributed by atoms with Gasteiger partial charge in [-0.2, -0.15) is 4.98 Å². The summed E-state index contributed by atoms with van der Waals surface area (Å²) in [5.74, 6) is -15.7. The smallest absolute Gasteiger partial charge is 0.349 e. The van der Waals surface area contributed by atoms with Crippen LogP contribution in [0.5, 0.6) is 46.0 Å². The van der Waals surface area contributed by atoms with Gasteiger partial charge in [-0.15, -0.1) is 0 Å². The molecule has 18 unspecified atom stereocenters. The SMILES string of the molecule is CNC(CC(C)C)C(=O)NC1C(=O)NC(CC(N)=O)C(=O)NC2C(=O)NC3C(=O)NC(C(=O)NC(C(=O)NN(C)C)c4cc(O)cc(O)c4-c4cc3ccc4O)C(O)c3ccc(c(Cl)c3)Oc3cc2cc(c3OC2OC(CO)C(O)C(O)C2OC2CC(C)(NCCn3ccc(NC(=O)Cc4ccc(Cl)c(Cl)c4)nc3=O)C(O)C(C)O2)Oc2ccc(cc2Cl)C1O. The quantitative estimate of drug-likeness (QED) is 0.0457. The molecule has 14 rings (SSSR count). The van der Waals surface area contributed by atoms with Crippen molar-refractivity contribution in [2.75, 3.05) is 39.6 Å². The second-order valence-electron chi connectivity index (χ2n) is 31.3. The van der Waals surface area contributed by atoms with Gasteiger partial charge in [0.05, 0.1) is 57.8 Å². The van der Waals surface area contributed by atoms with Gasteiger partial charge in [0, 0.05) is 62.5 Å². The Morgan fingerprint density at radius 3 is 1.98 bits per heavy atom. The Morgan fingerprint density at radius 2 is 1.35 bits per heavy atom. The summed E-state index contributed by atoms with van der Waals surface area (Å²) in [6.07, 6.45) is -18.2. The summed E-state index contributed by atoms with van der Waals surface area (Å²) >= 11 is 26.5. The van der Waals surface area contributed by atoms with Crippen molar-refractivity contribution >= 4 is 105 Å². The molecule has 39 nitrogen and oxygen atoms in total. The summed E-state index contributed by atoms with van der Waals surface area (Å²) < 4.78 is 40.7. The van der Waals surface area contributed by atoms with Crippen LogP contribution in [0, 0.1) is 5.92 Å². The van der Waals surface area contributed by atoms with Crippen LogP contribution in [0.3, 0.4) is 0 Å². The number of phenolic OH excluding ortho intramolecular Hbond substituents is 3. The number of aromatic nitrogens is 2. The number of primary amides is 1. The summed E-state index contributed by atoms with van der Waals surface area (Å²) in [7, 11) is 4.29. The van der Waals surface area contributed by atoms with Crippen molar-refractivity contribution in [1.82, 2.24) is 62.5 Å². The fourth-order valence-electron chi connectivity index (χ4n) is 15.1. The molecule has 2 saturated heterocycles. The van der Waals surface area contributed by atoms with Gasteiger partial charge in [-0.1, -0.05) is 84.5 Å². The van der Waals surface area contributed by atoms with E-state index in [1.807, 2.05) is 13.8 Å². The highest BCUT2D eigenvalue weighted by Crippen LogP contribution is 2.50. The van der Waals surface area contributed by atoms with E-state index in [9.17, 15) is 69.9 Å². The molecule has 7 aliphatic rings. The highest BCUT2D eigenvalue weighted by molar-refractivity contribution is 6.42. The lowest BCUT2D eigenvalue weighted by atomic mass is 9.85. The molecule has 2 fully saturated rings. The van der Waals surface area contributed by atoms with Gasteiger partial charge >= 0.3 is 5.69 Å². The maximum Gasteiger partial charge on any atom is 0.349 e. The number of nitrogens with one attached hydrogen (secondary N) is 10. The highest BCUT2D eigenvalue weighted by Gasteiger charge is 2.52. The number of aromatic hydroxyl groups is 3. The molecule has 43 heteroatoms. The first kappa shape index (κ1) is 93.1. The number of hydrazine groups is 1. The van der Waals surface area contributed by atoms with Gasteiger partial charge in [0.1, 0.15) is 101 Å². The highest BCUT2D eigenvalue weighted by atomic mass is 35.5. The zero-order valence-corrected chi connectivity index (χ0v) is 70.7. The normalized spacial score (nSPS) is 26.0. The Hall–Kier alpha value is -11.1. The molecule has 0 spiro atoms. The van der Waals surface area contributed by atoms with Gasteiger partial charge in [0.2, 0.25) is 59.3 Å². The number of benzene rings is 6. The number of amides is 9. The number of rotatable bonds is 21. The van der Waals surface area contributed by atoms with E-state index in [0.29, 0.717) is 10.6 Å². The second kappa shape index (κ2) is 39.2. The fourth-order valence-corrected chi connectivity index (χ4v) is 15.9. The van der Waals surface area contributed by atoms with Crippen LogP contribution >= 0.6 is 46.4 Å². The average Bonchev–Trinajstić information content (AvgIpc) is 0.763. The minimum absolute atomic E-state index is 0.0378. The van der Waals surface area contributed by atoms with E-state index in [-0.39, 0.29) is 71.6 Å². The first-order valence-corrected chi connectivity index (χ1v) is 40.7. The number of aliphatic hydroxyl groups is 6. The molecule has 7 aliphatic heterocycles. The van der Waals surface area contributed by atoms with Crippen LogP contribution in [0.4, 0.5) is 5.82 Å². The summed E-state index contributed by atoms with van der Waals surface area (Å²) in [6.45, 7) is 5.60. The van der Waals surface area contributed by atoms with E-state index in [0.717, 1.165) is 60.7 Å². The van der Waals surface area contributed by atoms with Crippen molar-refractivity contribution in [2.24, 2.45) is 11.7 Å². The van der Waals surface area contributed by atoms with Crippen LogP contribution in [-0.4, -0.2) is 227 Å². The van der Waals surface area contributed by atoms with Crippen molar-refractivity contribution in [3.05, 3.63) is 173 Å². The number of nitrogens with two attached hydrogens (primary N) is 1. The largest absolute Gasteiger partial charge is 0.508 e. The van der Waals surface area contributed by atoms with Crippen molar-refractivity contribution in [3.8, 4) is 57.1 Å². The molecule has 0 saturated carbocycles. The van der Waals surface area contributed by atoms with E-state index in [4.69, 9.17) is 80.6 Å². The lowest BCUT2D eigenvalue weighted by Crippen LogP contribution is -2.65. The predicted octanol–water partition coefficient (Wildman–Crippen LogP) is 1.99. The van der Waals surface area contributed by atoms with Gasteiger partial charge in [-0.25, -0.2) is 9.80 Å². The third-order valence-corrected chi connectivity index (χ3v) is 22.8. The van der Waals surface area contributed by atoms with Gasteiger partial charge in [0.15, 0.2) is 23.9 Å². The van der Waals surface area contributed by atoms with E-state index in [1.54, 1.807) is 13.0 Å². The topological polar surface area (TPSA) is 576 Å². The Balaban J connectivity index is 0.999. The van der Waals surface area contributed by atoms with Crippen LogP contribution in [0.2, 0.25) is 20.1 Å². The molecule has 7 aromatic rings. The number of halogens is 4. The van der Waals surface area contributed by atoms with Crippen molar-refractivity contribution < 1.29 is 118 Å². The van der Waals surface area contributed by atoms with Crippen molar-refractivity contribution in [2.45, 2.75) is 169 Å². The number of fused-ring (bicyclic) bond motifs is 15. The summed E-state index contributed by atoms with van der Waals surface area (Å²) in [4.78, 5) is 150. The van der Waals surface area contributed by atoms with E-state index in [2.05, 4.69) is 58.3 Å². The number of hydrogen-bond acceptors (Lipinski definition) is 29. The molecule has 8 heterocycles. The summed E-state index contributed by atoms with van der Waals surface area (Å²) in [5, 5.41) is 131. The Morgan fingerprint density at radius 1 is 0.704 bits per heavy atom. The van der Waals surface area contributed by atoms with Crippen LogP contribution in [0.15, 0.2) is 114 Å². The molecule has 125 heavy (non-hydrogen) atoms. The monoisotopic (exact) mass is 1810 g/mol. The van der Waals surface area contributed by atoms with Gasteiger partial charge in [-0.3, -0.25) is 53.1 Å². The molecular weight excluding hydrogens is 1720 g/mol. The number of nitrogens with zero attached hydrogens (tertiary/aromatic N) is 3. The molecule has 668 valence electrons. The number of carbonyl (C=O) groups is 9. The van der Waals surface area contributed by atoms with Crippen LogP contribution in [-0.2, 0) is 70.3 Å². The number of carbonyl (C=O) groups excluding carboxylic acids is 9. The summed E-state index contributed by atoms with van der Waals surface area (Å²) in [5.41, 5.74) is 4.14.